The molecule has 0 saturated heterocycles. The first-order chi connectivity index (χ1) is 7.15. The average Bonchev–Trinajstić information content (AvgIpc) is 2.58. The fraction of sp³-hybridized carbons (Fsp3) is 0.286. The number of hydrogen-bond donors (Lipinski definition) is 0. The maximum absolute atomic E-state index is 5.58. The summed E-state index contributed by atoms with van der Waals surface area (Å²) in [6.07, 6.45) is 0.890. The lowest BCUT2D eigenvalue weighted by Crippen LogP contribution is -1.91. The van der Waals surface area contributed by atoms with Gasteiger partial charge >= 0.3 is 0 Å². The zero-order valence-corrected chi connectivity index (χ0v) is 9.50. The Balaban J connectivity index is 2.27. The first kappa shape index (κ1) is 10.0. The molecule has 0 aliphatic rings. The van der Waals surface area contributed by atoms with Gasteiger partial charge in [-0.2, -0.15) is 0 Å². The van der Waals surface area contributed by atoms with Crippen LogP contribution in [0.3, 0.4) is 0 Å². The highest BCUT2D eigenvalue weighted by molar-refractivity contribution is 5.33. The Labute approximate surface area is 90.7 Å². The highest BCUT2D eigenvalue weighted by atomic mass is 16.3. The van der Waals surface area contributed by atoms with Crippen LogP contribution in [0.1, 0.15) is 28.2 Å². The molecule has 0 bridgehead atoms. The van der Waals surface area contributed by atoms with E-state index in [1.807, 2.05) is 13.0 Å². The van der Waals surface area contributed by atoms with Crippen molar-refractivity contribution in [1.82, 2.24) is 0 Å². The zero-order valence-electron chi connectivity index (χ0n) is 9.50. The van der Waals surface area contributed by atoms with Gasteiger partial charge in [-0.3, -0.25) is 0 Å². The van der Waals surface area contributed by atoms with E-state index in [0.29, 0.717) is 0 Å². The lowest BCUT2D eigenvalue weighted by atomic mass is 10.0. The molecule has 0 spiro atoms. The molecular weight excluding hydrogens is 184 g/mol. The highest BCUT2D eigenvalue weighted by Gasteiger charge is 2.03. The lowest BCUT2D eigenvalue weighted by molar-refractivity contribution is 0.492. The van der Waals surface area contributed by atoms with Crippen LogP contribution in [0.25, 0.3) is 0 Å². The summed E-state index contributed by atoms with van der Waals surface area (Å²) in [4.78, 5) is 0. The van der Waals surface area contributed by atoms with Crippen molar-refractivity contribution in [3.05, 3.63) is 58.5 Å². The van der Waals surface area contributed by atoms with E-state index in [-0.39, 0.29) is 0 Å². The van der Waals surface area contributed by atoms with Gasteiger partial charge in [0.25, 0.3) is 0 Å². The minimum atomic E-state index is 0.890. The summed E-state index contributed by atoms with van der Waals surface area (Å²) in [5.74, 6) is 2.02. The Morgan fingerprint density at radius 2 is 1.80 bits per heavy atom. The predicted octanol–water partition coefficient (Wildman–Crippen LogP) is 3.80. The maximum atomic E-state index is 5.58. The molecule has 1 heteroatoms. The average molecular weight is 200 g/mol. The standard InChI is InChI=1S/C14H16O/c1-10-4-5-11(2)13(8-10)9-14-7-6-12(3)15-14/h4-8H,9H2,1-3H3. The molecule has 1 aromatic carbocycles. The largest absolute Gasteiger partial charge is 0.466 e. The van der Waals surface area contributed by atoms with Crippen molar-refractivity contribution in [1.29, 1.82) is 0 Å². The fourth-order valence-electron chi connectivity index (χ4n) is 1.76. The monoisotopic (exact) mass is 200 g/mol. The van der Waals surface area contributed by atoms with Gasteiger partial charge in [0.2, 0.25) is 0 Å². The van der Waals surface area contributed by atoms with Crippen molar-refractivity contribution in [2.24, 2.45) is 0 Å². The second-order valence-electron chi connectivity index (χ2n) is 4.12. The van der Waals surface area contributed by atoms with Crippen LogP contribution in [0.15, 0.2) is 34.7 Å². The Hall–Kier alpha value is -1.50. The van der Waals surface area contributed by atoms with Gasteiger partial charge < -0.3 is 4.42 Å². The summed E-state index contributed by atoms with van der Waals surface area (Å²) >= 11 is 0. The van der Waals surface area contributed by atoms with Crippen LogP contribution in [0, 0.1) is 20.8 Å². The Bertz CT molecular complexity index is 466. The van der Waals surface area contributed by atoms with Crippen LogP contribution in [-0.4, -0.2) is 0 Å². The smallest absolute Gasteiger partial charge is 0.108 e. The molecule has 0 N–H and O–H groups in total. The second-order valence-corrected chi connectivity index (χ2v) is 4.12. The number of furan rings is 1. The van der Waals surface area contributed by atoms with E-state index >= 15 is 0 Å². The zero-order chi connectivity index (χ0) is 10.8. The van der Waals surface area contributed by atoms with Crippen molar-refractivity contribution in [2.45, 2.75) is 27.2 Å². The van der Waals surface area contributed by atoms with Gasteiger partial charge in [-0.1, -0.05) is 23.8 Å². The van der Waals surface area contributed by atoms with Crippen LogP contribution >= 0.6 is 0 Å². The summed E-state index contributed by atoms with van der Waals surface area (Å²) in [5, 5.41) is 0. The van der Waals surface area contributed by atoms with Crippen molar-refractivity contribution in [2.75, 3.05) is 0 Å². The van der Waals surface area contributed by atoms with Crippen molar-refractivity contribution in [3.8, 4) is 0 Å². The molecule has 0 aliphatic heterocycles. The predicted molar refractivity (Wildman–Crippen MR) is 62.2 cm³/mol. The summed E-state index contributed by atoms with van der Waals surface area (Å²) in [7, 11) is 0. The molecule has 15 heavy (non-hydrogen) atoms. The normalized spacial score (nSPS) is 10.6. The topological polar surface area (TPSA) is 13.1 Å². The van der Waals surface area contributed by atoms with Gasteiger partial charge in [0, 0.05) is 6.42 Å². The Morgan fingerprint density at radius 3 is 2.47 bits per heavy atom. The van der Waals surface area contributed by atoms with Crippen molar-refractivity contribution >= 4 is 0 Å². The quantitative estimate of drug-likeness (QED) is 0.718. The molecule has 0 aliphatic carbocycles. The van der Waals surface area contributed by atoms with Crippen LogP contribution < -0.4 is 0 Å². The van der Waals surface area contributed by atoms with E-state index in [1.165, 1.54) is 16.7 Å². The van der Waals surface area contributed by atoms with E-state index in [1.54, 1.807) is 0 Å². The van der Waals surface area contributed by atoms with Crippen LogP contribution in [0.4, 0.5) is 0 Å². The fourth-order valence-corrected chi connectivity index (χ4v) is 1.76. The van der Waals surface area contributed by atoms with Gasteiger partial charge in [0.05, 0.1) is 0 Å². The summed E-state index contributed by atoms with van der Waals surface area (Å²) < 4.78 is 5.58. The summed E-state index contributed by atoms with van der Waals surface area (Å²) in [5.41, 5.74) is 3.98. The van der Waals surface area contributed by atoms with E-state index in [0.717, 1.165) is 17.9 Å². The van der Waals surface area contributed by atoms with Crippen LogP contribution in [0.5, 0.6) is 0 Å². The van der Waals surface area contributed by atoms with Gasteiger partial charge in [0.15, 0.2) is 0 Å². The molecule has 0 atom stereocenters. The van der Waals surface area contributed by atoms with E-state index in [2.05, 4.69) is 38.1 Å². The molecule has 0 radical (unpaired) electrons. The highest BCUT2D eigenvalue weighted by Crippen LogP contribution is 2.17. The minimum absolute atomic E-state index is 0.890. The van der Waals surface area contributed by atoms with E-state index in [9.17, 15) is 0 Å². The third-order valence-corrected chi connectivity index (χ3v) is 2.67. The molecule has 2 rings (SSSR count). The Morgan fingerprint density at radius 1 is 1.00 bits per heavy atom. The molecule has 1 heterocycles. The van der Waals surface area contributed by atoms with Crippen molar-refractivity contribution in [3.63, 3.8) is 0 Å². The third kappa shape index (κ3) is 2.30. The van der Waals surface area contributed by atoms with Crippen LogP contribution in [0.2, 0.25) is 0 Å². The number of aryl methyl sites for hydroxylation is 3. The van der Waals surface area contributed by atoms with Crippen molar-refractivity contribution < 1.29 is 4.42 Å². The minimum Gasteiger partial charge on any atom is -0.466 e. The van der Waals surface area contributed by atoms with Gasteiger partial charge in [-0.15, -0.1) is 0 Å². The number of benzene rings is 1. The summed E-state index contributed by atoms with van der Waals surface area (Å²) in [6, 6.07) is 10.6. The molecule has 78 valence electrons. The molecule has 0 fully saturated rings. The molecular formula is C14H16O. The lowest BCUT2D eigenvalue weighted by Gasteiger charge is -2.04. The maximum Gasteiger partial charge on any atom is 0.108 e. The molecule has 1 nitrogen and oxygen atoms in total. The SMILES string of the molecule is Cc1ccc(C)c(Cc2ccc(C)o2)c1. The Kier molecular flexibility index (Phi) is 2.63. The van der Waals surface area contributed by atoms with Gasteiger partial charge in [-0.25, -0.2) is 0 Å². The third-order valence-electron chi connectivity index (χ3n) is 2.67. The summed E-state index contributed by atoms with van der Waals surface area (Å²) in [6.45, 7) is 6.24. The van der Waals surface area contributed by atoms with Crippen LogP contribution in [-0.2, 0) is 6.42 Å². The second kappa shape index (κ2) is 3.93. The number of hydrogen-bond acceptors (Lipinski definition) is 1. The molecule has 0 unspecified atom stereocenters. The first-order valence-corrected chi connectivity index (χ1v) is 5.26. The molecule has 0 amide bonds. The number of rotatable bonds is 2. The molecule has 2 aromatic rings. The van der Waals surface area contributed by atoms with Gasteiger partial charge in [0.1, 0.15) is 11.5 Å². The molecule has 1 aromatic heterocycles. The first-order valence-electron chi connectivity index (χ1n) is 5.26. The molecule has 0 saturated carbocycles. The van der Waals surface area contributed by atoms with E-state index < -0.39 is 0 Å². The van der Waals surface area contributed by atoms with E-state index in [4.69, 9.17) is 4.42 Å². The van der Waals surface area contributed by atoms with Gasteiger partial charge in [-0.05, 0) is 44.0 Å².